The molecule has 0 unspecified atom stereocenters. The van der Waals surface area contributed by atoms with Crippen LogP contribution in [0.5, 0.6) is 0 Å². The highest BCUT2D eigenvalue weighted by Crippen LogP contribution is 2.14. The molecule has 82 valence electrons. The quantitative estimate of drug-likeness (QED) is 0.770. The Hall–Kier alpha value is -1.35. The summed E-state index contributed by atoms with van der Waals surface area (Å²) >= 11 is 0. The lowest BCUT2D eigenvalue weighted by Gasteiger charge is -2.14. The first-order valence-corrected chi connectivity index (χ1v) is 5.08. The van der Waals surface area contributed by atoms with Crippen molar-refractivity contribution in [3.63, 3.8) is 0 Å². The average Bonchev–Trinajstić information content (AvgIpc) is 2.29. The molecule has 15 heavy (non-hydrogen) atoms. The number of carbonyl (C=O) groups is 1. The molecule has 1 N–H and O–H groups in total. The number of esters is 1. The van der Waals surface area contributed by atoms with E-state index in [1.165, 1.54) is 0 Å². The van der Waals surface area contributed by atoms with Crippen LogP contribution in [0.4, 0.5) is 0 Å². The van der Waals surface area contributed by atoms with Gasteiger partial charge in [0, 0.05) is 0 Å². The lowest BCUT2D eigenvalue weighted by atomic mass is 10.1. The van der Waals surface area contributed by atoms with Crippen molar-refractivity contribution >= 4 is 5.97 Å². The standard InChI is InChI=1S/C12H16O3/c1-3-9(2)15-12(14)11(13)10-7-5-4-6-8-10/h4-9,11,13H,3H2,1-2H3/t9-,11-/m0/s1. The first-order valence-electron chi connectivity index (χ1n) is 5.08. The molecule has 0 aromatic heterocycles. The van der Waals surface area contributed by atoms with E-state index in [9.17, 15) is 9.90 Å². The van der Waals surface area contributed by atoms with Gasteiger partial charge in [-0.1, -0.05) is 37.3 Å². The summed E-state index contributed by atoms with van der Waals surface area (Å²) in [6.45, 7) is 3.72. The maximum Gasteiger partial charge on any atom is 0.339 e. The van der Waals surface area contributed by atoms with Gasteiger partial charge in [-0.05, 0) is 18.9 Å². The first-order chi connectivity index (χ1) is 7.15. The Kier molecular flexibility index (Phi) is 4.31. The van der Waals surface area contributed by atoms with Crippen LogP contribution in [0.3, 0.4) is 0 Å². The minimum atomic E-state index is -1.18. The molecule has 3 nitrogen and oxygen atoms in total. The number of aliphatic hydroxyl groups is 1. The Labute approximate surface area is 89.7 Å². The molecule has 0 aliphatic heterocycles. The van der Waals surface area contributed by atoms with Gasteiger partial charge in [0.2, 0.25) is 0 Å². The molecule has 0 aliphatic rings. The maximum absolute atomic E-state index is 11.4. The molecule has 0 fully saturated rings. The van der Waals surface area contributed by atoms with E-state index in [2.05, 4.69) is 0 Å². The summed E-state index contributed by atoms with van der Waals surface area (Å²) in [5, 5.41) is 9.66. The van der Waals surface area contributed by atoms with Crippen LogP contribution in [0, 0.1) is 0 Å². The third-order valence-corrected chi connectivity index (χ3v) is 2.23. The second-order valence-electron chi connectivity index (χ2n) is 3.47. The van der Waals surface area contributed by atoms with E-state index in [0.717, 1.165) is 6.42 Å². The monoisotopic (exact) mass is 208 g/mol. The van der Waals surface area contributed by atoms with Crippen molar-refractivity contribution in [2.75, 3.05) is 0 Å². The molecule has 1 aromatic carbocycles. The van der Waals surface area contributed by atoms with Crippen molar-refractivity contribution in [1.82, 2.24) is 0 Å². The van der Waals surface area contributed by atoms with Crippen LogP contribution >= 0.6 is 0 Å². The highest BCUT2D eigenvalue weighted by atomic mass is 16.6. The van der Waals surface area contributed by atoms with Crippen LogP contribution in [0.2, 0.25) is 0 Å². The fourth-order valence-electron chi connectivity index (χ4n) is 1.12. The van der Waals surface area contributed by atoms with E-state index in [0.29, 0.717) is 5.56 Å². The van der Waals surface area contributed by atoms with Crippen molar-refractivity contribution in [1.29, 1.82) is 0 Å². The van der Waals surface area contributed by atoms with E-state index in [1.54, 1.807) is 31.2 Å². The Morgan fingerprint density at radius 1 is 1.40 bits per heavy atom. The summed E-state index contributed by atoms with van der Waals surface area (Å²) in [5.41, 5.74) is 0.561. The van der Waals surface area contributed by atoms with Gasteiger partial charge in [0.15, 0.2) is 6.10 Å². The zero-order valence-electron chi connectivity index (χ0n) is 9.01. The summed E-state index contributed by atoms with van der Waals surface area (Å²) in [7, 11) is 0. The average molecular weight is 208 g/mol. The predicted octanol–water partition coefficient (Wildman–Crippen LogP) is 2.06. The maximum atomic E-state index is 11.4. The van der Waals surface area contributed by atoms with Gasteiger partial charge in [0.25, 0.3) is 0 Å². The summed E-state index contributed by atoms with van der Waals surface area (Å²) in [4.78, 5) is 11.4. The molecule has 0 heterocycles. The summed E-state index contributed by atoms with van der Waals surface area (Å²) in [6.07, 6.45) is -0.594. The number of benzene rings is 1. The number of hydrogen-bond donors (Lipinski definition) is 1. The topological polar surface area (TPSA) is 46.5 Å². The highest BCUT2D eigenvalue weighted by molar-refractivity contribution is 5.76. The van der Waals surface area contributed by atoms with Crippen LogP contribution < -0.4 is 0 Å². The molecule has 0 amide bonds. The second kappa shape index (κ2) is 5.51. The number of hydrogen-bond acceptors (Lipinski definition) is 3. The molecule has 0 aliphatic carbocycles. The Balaban J connectivity index is 2.61. The van der Waals surface area contributed by atoms with E-state index in [-0.39, 0.29) is 6.10 Å². The number of ether oxygens (including phenoxy) is 1. The van der Waals surface area contributed by atoms with Gasteiger partial charge in [-0.25, -0.2) is 4.79 Å². The zero-order valence-corrected chi connectivity index (χ0v) is 9.01. The highest BCUT2D eigenvalue weighted by Gasteiger charge is 2.20. The van der Waals surface area contributed by atoms with Crippen LogP contribution in [0.25, 0.3) is 0 Å². The molecular weight excluding hydrogens is 192 g/mol. The molecule has 0 saturated heterocycles. The van der Waals surface area contributed by atoms with Crippen molar-refractivity contribution in [2.45, 2.75) is 32.5 Å². The van der Waals surface area contributed by atoms with E-state index >= 15 is 0 Å². The molecule has 3 heteroatoms. The number of aliphatic hydroxyl groups excluding tert-OH is 1. The Bertz CT molecular complexity index is 308. The lowest BCUT2D eigenvalue weighted by molar-refractivity contribution is -0.158. The third-order valence-electron chi connectivity index (χ3n) is 2.23. The smallest absolute Gasteiger partial charge is 0.339 e. The largest absolute Gasteiger partial charge is 0.461 e. The fourth-order valence-corrected chi connectivity index (χ4v) is 1.12. The van der Waals surface area contributed by atoms with Crippen molar-refractivity contribution in [3.8, 4) is 0 Å². The van der Waals surface area contributed by atoms with Gasteiger partial charge in [0.1, 0.15) is 0 Å². The molecule has 0 bridgehead atoms. The number of rotatable bonds is 4. The second-order valence-corrected chi connectivity index (χ2v) is 3.47. The summed E-state index contributed by atoms with van der Waals surface area (Å²) < 4.78 is 5.03. The molecule has 1 rings (SSSR count). The van der Waals surface area contributed by atoms with E-state index < -0.39 is 12.1 Å². The third kappa shape index (κ3) is 3.36. The van der Waals surface area contributed by atoms with Gasteiger partial charge >= 0.3 is 5.97 Å². The van der Waals surface area contributed by atoms with Crippen LogP contribution in [0.15, 0.2) is 30.3 Å². The van der Waals surface area contributed by atoms with Gasteiger partial charge in [-0.15, -0.1) is 0 Å². The fraction of sp³-hybridized carbons (Fsp3) is 0.417. The Morgan fingerprint density at radius 3 is 2.53 bits per heavy atom. The van der Waals surface area contributed by atoms with Gasteiger partial charge in [-0.2, -0.15) is 0 Å². The summed E-state index contributed by atoms with van der Waals surface area (Å²) in [5.74, 6) is -0.587. The molecular formula is C12H16O3. The SMILES string of the molecule is CC[C@H](C)OC(=O)[C@@H](O)c1ccccc1. The zero-order chi connectivity index (χ0) is 11.3. The minimum absolute atomic E-state index is 0.157. The minimum Gasteiger partial charge on any atom is -0.461 e. The van der Waals surface area contributed by atoms with Crippen molar-refractivity contribution in [3.05, 3.63) is 35.9 Å². The number of carbonyl (C=O) groups excluding carboxylic acids is 1. The van der Waals surface area contributed by atoms with E-state index in [4.69, 9.17) is 4.74 Å². The lowest BCUT2D eigenvalue weighted by Crippen LogP contribution is -2.20. The molecule has 0 spiro atoms. The first kappa shape index (κ1) is 11.7. The predicted molar refractivity (Wildman–Crippen MR) is 57.2 cm³/mol. The van der Waals surface area contributed by atoms with Gasteiger partial charge in [-0.3, -0.25) is 0 Å². The van der Waals surface area contributed by atoms with E-state index in [1.807, 2.05) is 13.0 Å². The van der Waals surface area contributed by atoms with Crippen LogP contribution in [0.1, 0.15) is 31.9 Å². The molecule has 0 saturated carbocycles. The van der Waals surface area contributed by atoms with Crippen LogP contribution in [-0.4, -0.2) is 17.2 Å². The van der Waals surface area contributed by atoms with Crippen molar-refractivity contribution < 1.29 is 14.6 Å². The Morgan fingerprint density at radius 2 is 2.00 bits per heavy atom. The van der Waals surface area contributed by atoms with Crippen molar-refractivity contribution in [2.24, 2.45) is 0 Å². The summed E-state index contributed by atoms with van der Waals surface area (Å²) in [6, 6.07) is 8.77. The normalized spacial score (nSPS) is 14.3. The molecule has 2 atom stereocenters. The van der Waals surface area contributed by atoms with Gasteiger partial charge < -0.3 is 9.84 Å². The van der Waals surface area contributed by atoms with Crippen LogP contribution in [-0.2, 0) is 9.53 Å². The molecule has 0 radical (unpaired) electrons. The molecule has 1 aromatic rings. The van der Waals surface area contributed by atoms with Gasteiger partial charge in [0.05, 0.1) is 6.10 Å².